The van der Waals surface area contributed by atoms with Crippen molar-refractivity contribution in [3.8, 4) is 0 Å². The molecule has 2 unspecified atom stereocenters. The summed E-state index contributed by atoms with van der Waals surface area (Å²) in [7, 11) is 1.84. The predicted octanol–water partition coefficient (Wildman–Crippen LogP) is 3.05. The van der Waals surface area contributed by atoms with Gasteiger partial charge >= 0.3 is 0 Å². The van der Waals surface area contributed by atoms with E-state index in [1.54, 1.807) is 17.3 Å². The van der Waals surface area contributed by atoms with Crippen molar-refractivity contribution >= 4 is 29.2 Å². The summed E-state index contributed by atoms with van der Waals surface area (Å²) < 4.78 is 14.9. The molecule has 1 fully saturated rings. The van der Waals surface area contributed by atoms with Crippen molar-refractivity contribution in [2.45, 2.75) is 31.7 Å². The Morgan fingerprint density at radius 3 is 2.97 bits per heavy atom. The van der Waals surface area contributed by atoms with Gasteiger partial charge in [0, 0.05) is 56.9 Å². The van der Waals surface area contributed by atoms with E-state index in [9.17, 15) is 9.18 Å². The lowest BCUT2D eigenvalue weighted by Gasteiger charge is -2.34. The number of fused-ring (bicyclic) bond motifs is 1. The molecule has 11 heteroatoms. The Bertz CT molecular complexity index is 1170. The lowest BCUT2D eigenvalue weighted by Crippen LogP contribution is -2.44. The fourth-order valence-electron chi connectivity index (χ4n) is 5.04. The maximum absolute atomic E-state index is 14.9. The number of nitrogens with one attached hydrogen (secondary N) is 2. The number of hydrogen-bond acceptors (Lipinski definition) is 8. The van der Waals surface area contributed by atoms with E-state index >= 15 is 0 Å². The number of likely N-dealkylation sites (tertiary alicyclic amines) is 1. The highest BCUT2D eigenvalue weighted by molar-refractivity contribution is 6.30. The third-order valence-corrected chi connectivity index (χ3v) is 6.97. The molecule has 3 aliphatic heterocycles. The molecule has 0 radical (unpaired) electrons. The second kappa shape index (κ2) is 9.77. The van der Waals surface area contributed by atoms with Crippen LogP contribution < -0.4 is 10.6 Å². The summed E-state index contributed by atoms with van der Waals surface area (Å²) in [6.07, 6.45) is 7.99. The van der Waals surface area contributed by atoms with Crippen LogP contribution in [0.5, 0.6) is 0 Å². The topological polar surface area (TPSA) is 98.6 Å². The van der Waals surface area contributed by atoms with Crippen molar-refractivity contribution in [2.75, 3.05) is 38.5 Å². The molecule has 2 aromatic heterocycles. The predicted molar refractivity (Wildman–Crippen MR) is 132 cm³/mol. The quantitative estimate of drug-likeness (QED) is 0.653. The van der Waals surface area contributed by atoms with Crippen LogP contribution in [0.2, 0.25) is 5.02 Å². The Hall–Kier alpha value is -3.27. The van der Waals surface area contributed by atoms with Crippen molar-refractivity contribution in [1.82, 2.24) is 30.1 Å². The van der Waals surface area contributed by atoms with Crippen LogP contribution in [0.4, 0.5) is 10.2 Å². The summed E-state index contributed by atoms with van der Waals surface area (Å²) in [5.41, 5.74) is 1.30. The van der Waals surface area contributed by atoms with Crippen LogP contribution >= 0.6 is 11.6 Å². The van der Waals surface area contributed by atoms with Crippen LogP contribution in [0.25, 0.3) is 0 Å². The van der Waals surface area contributed by atoms with Gasteiger partial charge < -0.3 is 20.4 Å². The fraction of sp³-hybridized carbons (Fsp3) is 0.458. The number of amides is 1. The number of carbonyl (C=O) groups is 1. The summed E-state index contributed by atoms with van der Waals surface area (Å²) in [6, 6.07) is 1.94. The Balaban J connectivity index is 1.29. The maximum atomic E-state index is 14.9. The number of likely N-dealkylation sites (N-methyl/N-ethyl adjacent to an activating group) is 1. The molecule has 0 saturated carbocycles. The summed E-state index contributed by atoms with van der Waals surface area (Å²) in [5.74, 6) is 1.46. The van der Waals surface area contributed by atoms with Crippen molar-refractivity contribution in [1.29, 1.82) is 0 Å². The maximum Gasteiger partial charge on any atom is 0.274 e. The second-order valence-electron chi connectivity index (χ2n) is 9.31. The van der Waals surface area contributed by atoms with Crippen LogP contribution in [-0.4, -0.2) is 75.8 Å². The Kier molecular flexibility index (Phi) is 6.55. The van der Waals surface area contributed by atoms with Crippen LogP contribution in [0.15, 0.2) is 47.5 Å². The minimum absolute atomic E-state index is 0.0404. The molecule has 2 aromatic rings. The average molecular weight is 499 g/mol. The van der Waals surface area contributed by atoms with Crippen molar-refractivity contribution in [3.05, 3.63) is 58.8 Å². The van der Waals surface area contributed by atoms with Crippen LogP contribution in [0, 0.1) is 5.92 Å². The molecular formula is C24H28ClFN8O. The molecular weight excluding hydrogens is 471 g/mol. The molecule has 184 valence electrons. The number of aliphatic imine (C=N–C) groups is 1. The molecule has 0 aromatic carbocycles. The van der Waals surface area contributed by atoms with Crippen molar-refractivity contribution in [3.63, 3.8) is 0 Å². The molecule has 0 spiro atoms. The molecule has 0 bridgehead atoms. The van der Waals surface area contributed by atoms with E-state index < -0.39 is 0 Å². The first kappa shape index (κ1) is 23.5. The lowest BCUT2D eigenvalue weighted by molar-refractivity contribution is 0.0668. The standard InChI is InChI=1S/C24H28ClFN8O/c1-14-20(17-8-16(25)10-30-21(17)31-14)23-32-22(18(26)13-33(23)2)29-9-15-4-3-7-34(12-15)24(35)19-11-27-5-6-28-19/h5-6,8,10-11,14-15,20,29H,3-4,7,9,12-13H2,1-2H3,(H,30,31)/t14-,15?,20?/m0/s1. The zero-order chi connectivity index (χ0) is 24.5. The number of carbonyl (C=O) groups excluding carboxylic acids is 1. The highest BCUT2D eigenvalue weighted by Gasteiger charge is 2.38. The van der Waals surface area contributed by atoms with E-state index in [1.165, 1.54) is 12.4 Å². The zero-order valence-corrected chi connectivity index (χ0v) is 20.5. The van der Waals surface area contributed by atoms with Gasteiger partial charge in [0.2, 0.25) is 0 Å². The van der Waals surface area contributed by atoms with E-state index in [4.69, 9.17) is 16.6 Å². The van der Waals surface area contributed by atoms with Gasteiger partial charge in [-0.15, -0.1) is 0 Å². The van der Waals surface area contributed by atoms with E-state index in [0.29, 0.717) is 30.4 Å². The molecule has 35 heavy (non-hydrogen) atoms. The summed E-state index contributed by atoms with van der Waals surface area (Å²) in [5, 5.41) is 7.16. The van der Waals surface area contributed by atoms with Gasteiger partial charge in [0.1, 0.15) is 17.3 Å². The first-order valence-electron chi connectivity index (χ1n) is 11.8. The minimum Gasteiger partial charge on any atom is -0.367 e. The van der Waals surface area contributed by atoms with E-state index in [1.807, 2.05) is 18.0 Å². The smallest absolute Gasteiger partial charge is 0.274 e. The normalized spacial score (nSPS) is 24.1. The average Bonchev–Trinajstić information content (AvgIpc) is 3.18. The van der Waals surface area contributed by atoms with Crippen LogP contribution in [-0.2, 0) is 0 Å². The van der Waals surface area contributed by atoms with Gasteiger partial charge in [-0.3, -0.25) is 9.78 Å². The number of piperidine rings is 1. The number of hydrogen-bond donors (Lipinski definition) is 2. The summed E-state index contributed by atoms with van der Waals surface area (Å²) >= 11 is 6.21. The highest BCUT2D eigenvalue weighted by Crippen LogP contribution is 2.38. The lowest BCUT2D eigenvalue weighted by atomic mass is 9.94. The summed E-state index contributed by atoms with van der Waals surface area (Å²) in [4.78, 5) is 33.6. The van der Waals surface area contributed by atoms with Gasteiger partial charge in [-0.2, -0.15) is 0 Å². The molecule has 5 heterocycles. The van der Waals surface area contributed by atoms with Gasteiger partial charge in [-0.05, 0) is 31.7 Å². The largest absolute Gasteiger partial charge is 0.367 e. The Morgan fingerprint density at radius 2 is 2.17 bits per heavy atom. The van der Waals surface area contributed by atoms with Gasteiger partial charge in [-0.25, -0.2) is 19.4 Å². The Labute approximate surface area is 208 Å². The monoisotopic (exact) mass is 498 g/mol. The number of pyridine rings is 1. The first-order chi connectivity index (χ1) is 16.9. The number of amidine groups is 1. The molecule has 9 nitrogen and oxygen atoms in total. The third kappa shape index (κ3) is 4.80. The highest BCUT2D eigenvalue weighted by atomic mass is 35.5. The molecule has 5 rings (SSSR count). The number of anilines is 1. The molecule has 3 aliphatic rings. The number of aromatic nitrogens is 3. The molecule has 1 amide bonds. The summed E-state index contributed by atoms with van der Waals surface area (Å²) in [6.45, 7) is 3.97. The number of rotatable bonds is 5. The second-order valence-corrected chi connectivity index (χ2v) is 9.75. The van der Waals surface area contributed by atoms with Gasteiger partial charge in [0.15, 0.2) is 11.6 Å². The van der Waals surface area contributed by atoms with Crippen LogP contribution in [0.3, 0.4) is 0 Å². The third-order valence-electron chi connectivity index (χ3n) is 6.76. The number of nitrogens with zero attached hydrogens (tertiary/aromatic N) is 6. The van der Waals surface area contributed by atoms with Crippen molar-refractivity contribution < 1.29 is 9.18 Å². The molecule has 3 atom stereocenters. The number of halogens is 2. The molecule has 2 N–H and O–H groups in total. The van der Waals surface area contributed by atoms with Crippen molar-refractivity contribution in [2.24, 2.45) is 10.9 Å². The van der Waals surface area contributed by atoms with E-state index in [-0.39, 0.29) is 42.0 Å². The molecule has 1 saturated heterocycles. The SMILES string of the molecule is C[C@@H]1Nc2ncc(Cl)cc2C1C1=NC(NCC2CCCN(C(=O)c3cnccn3)C2)=C(F)CN1C. The Morgan fingerprint density at radius 1 is 1.31 bits per heavy atom. The van der Waals surface area contributed by atoms with Gasteiger partial charge in [-0.1, -0.05) is 11.6 Å². The van der Waals surface area contributed by atoms with Crippen LogP contribution in [0.1, 0.15) is 41.7 Å². The first-order valence-corrected chi connectivity index (χ1v) is 12.2. The van der Waals surface area contributed by atoms with E-state index in [2.05, 4.69) is 32.5 Å². The van der Waals surface area contributed by atoms with E-state index in [0.717, 1.165) is 30.1 Å². The fourth-order valence-corrected chi connectivity index (χ4v) is 5.21. The zero-order valence-electron chi connectivity index (χ0n) is 19.7. The molecule has 0 aliphatic carbocycles. The minimum atomic E-state index is -0.303. The van der Waals surface area contributed by atoms with Gasteiger partial charge in [0.05, 0.1) is 23.7 Å². The van der Waals surface area contributed by atoms with Gasteiger partial charge in [0.25, 0.3) is 5.91 Å².